The number of ether oxygens (including phenoxy) is 1. The van der Waals surface area contributed by atoms with Crippen LogP contribution in [0.3, 0.4) is 0 Å². The number of hydrogen-bond acceptors (Lipinski definition) is 5. The van der Waals surface area contributed by atoms with Gasteiger partial charge in [-0.25, -0.2) is 4.79 Å². The summed E-state index contributed by atoms with van der Waals surface area (Å²) in [6.07, 6.45) is 0. The summed E-state index contributed by atoms with van der Waals surface area (Å²) in [6, 6.07) is 6.14. The van der Waals surface area contributed by atoms with Crippen molar-refractivity contribution in [1.29, 1.82) is 0 Å². The molecule has 0 heterocycles. The van der Waals surface area contributed by atoms with Crippen molar-refractivity contribution in [2.75, 3.05) is 5.48 Å². The third-order valence-corrected chi connectivity index (χ3v) is 1.50. The van der Waals surface area contributed by atoms with Gasteiger partial charge in [0.25, 0.3) is 0 Å². The maximum Gasteiger partial charge on any atom is 0.347 e. The lowest BCUT2D eigenvalue weighted by Gasteiger charge is -2.05. The molecule has 0 aliphatic heterocycles. The molecule has 14 heavy (non-hydrogen) atoms. The first-order chi connectivity index (χ1) is 6.65. The van der Waals surface area contributed by atoms with E-state index in [9.17, 15) is 9.59 Å². The highest BCUT2D eigenvalue weighted by atomic mass is 16.6. The Bertz CT molecular complexity index is 362. The van der Waals surface area contributed by atoms with E-state index in [1.54, 1.807) is 12.1 Å². The minimum Gasteiger partial charge on any atom is -0.390 e. The van der Waals surface area contributed by atoms with E-state index in [-0.39, 0.29) is 11.3 Å². The Morgan fingerprint density at radius 1 is 1.36 bits per heavy atom. The van der Waals surface area contributed by atoms with Crippen LogP contribution in [0.15, 0.2) is 24.3 Å². The molecule has 74 valence electrons. The fourth-order valence-corrected chi connectivity index (χ4v) is 0.944. The van der Waals surface area contributed by atoms with Gasteiger partial charge in [-0.1, -0.05) is 12.1 Å². The van der Waals surface area contributed by atoms with Crippen LogP contribution in [0.25, 0.3) is 0 Å². The third kappa shape index (κ3) is 2.30. The molecule has 1 rings (SSSR count). The number of carbonyl (C=O) groups is 2. The maximum atomic E-state index is 11.2. The van der Waals surface area contributed by atoms with Gasteiger partial charge < -0.3 is 4.74 Å². The summed E-state index contributed by atoms with van der Waals surface area (Å²) in [7, 11) is 0. The van der Waals surface area contributed by atoms with Crippen LogP contribution in [0.2, 0.25) is 0 Å². The molecule has 5 heteroatoms. The third-order valence-electron chi connectivity index (χ3n) is 1.50. The van der Waals surface area contributed by atoms with E-state index in [4.69, 9.17) is 5.21 Å². The Labute approximate surface area is 80.3 Å². The number of para-hydroxylation sites is 1. The number of nitrogens with one attached hydrogen (secondary N) is 1. The molecule has 0 saturated carbocycles. The first-order valence-corrected chi connectivity index (χ1v) is 3.87. The Morgan fingerprint density at radius 2 is 2.00 bits per heavy atom. The van der Waals surface area contributed by atoms with Crippen molar-refractivity contribution < 1.29 is 19.5 Å². The Hall–Kier alpha value is -1.88. The second-order valence-corrected chi connectivity index (χ2v) is 2.54. The molecule has 0 aliphatic carbocycles. The van der Waals surface area contributed by atoms with Crippen LogP contribution in [0.5, 0.6) is 0 Å². The van der Waals surface area contributed by atoms with Crippen LogP contribution in [-0.4, -0.2) is 17.1 Å². The van der Waals surface area contributed by atoms with E-state index >= 15 is 0 Å². The van der Waals surface area contributed by atoms with Gasteiger partial charge in [0.15, 0.2) is 0 Å². The zero-order valence-corrected chi connectivity index (χ0v) is 7.48. The standard InChI is InChI=1S/C9H9NO4/c1-6(11)14-9(12)7-4-2-3-5-8(7)10-13/h2-5,10,13H,1H3. The average molecular weight is 195 g/mol. The summed E-state index contributed by atoms with van der Waals surface area (Å²) in [4.78, 5) is 21.7. The quantitative estimate of drug-likeness (QED) is 0.421. The maximum absolute atomic E-state index is 11.2. The smallest absolute Gasteiger partial charge is 0.347 e. The van der Waals surface area contributed by atoms with Crippen molar-refractivity contribution in [3.8, 4) is 0 Å². The molecule has 1 aromatic carbocycles. The zero-order valence-electron chi connectivity index (χ0n) is 7.48. The summed E-state index contributed by atoms with van der Waals surface area (Å²) >= 11 is 0. The Morgan fingerprint density at radius 3 is 2.57 bits per heavy atom. The van der Waals surface area contributed by atoms with Crippen LogP contribution < -0.4 is 5.48 Å². The van der Waals surface area contributed by atoms with Crippen LogP contribution in [0.1, 0.15) is 17.3 Å². The van der Waals surface area contributed by atoms with E-state index in [1.807, 2.05) is 5.48 Å². The molecule has 0 spiro atoms. The predicted molar refractivity (Wildman–Crippen MR) is 47.9 cm³/mol. The lowest BCUT2D eigenvalue weighted by atomic mass is 10.2. The van der Waals surface area contributed by atoms with Crippen molar-refractivity contribution in [3.05, 3.63) is 29.8 Å². The molecule has 0 fully saturated rings. The van der Waals surface area contributed by atoms with Crippen molar-refractivity contribution in [2.45, 2.75) is 6.92 Å². The highest BCUT2D eigenvalue weighted by Crippen LogP contribution is 2.14. The molecule has 0 saturated heterocycles. The largest absolute Gasteiger partial charge is 0.390 e. The number of esters is 2. The van der Waals surface area contributed by atoms with Crippen LogP contribution in [-0.2, 0) is 9.53 Å². The van der Waals surface area contributed by atoms with Gasteiger partial charge in [0.1, 0.15) is 0 Å². The molecular weight excluding hydrogens is 186 g/mol. The molecule has 0 radical (unpaired) electrons. The lowest BCUT2D eigenvalue weighted by molar-refractivity contribution is -0.135. The number of anilines is 1. The minimum absolute atomic E-state index is 0.102. The molecule has 1 aromatic rings. The van der Waals surface area contributed by atoms with Crippen LogP contribution >= 0.6 is 0 Å². The summed E-state index contributed by atoms with van der Waals surface area (Å²) in [6.45, 7) is 1.13. The fourth-order valence-electron chi connectivity index (χ4n) is 0.944. The lowest BCUT2D eigenvalue weighted by Crippen LogP contribution is -2.11. The molecule has 0 aromatic heterocycles. The first kappa shape index (κ1) is 10.2. The van der Waals surface area contributed by atoms with Gasteiger partial charge in [0, 0.05) is 6.92 Å². The van der Waals surface area contributed by atoms with Gasteiger partial charge in [-0.2, -0.15) is 0 Å². The van der Waals surface area contributed by atoms with E-state index in [2.05, 4.69) is 4.74 Å². The number of benzene rings is 1. The van der Waals surface area contributed by atoms with E-state index in [1.165, 1.54) is 12.1 Å². The molecule has 0 amide bonds. The van der Waals surface area contributed by atoms with Gasteiger partial charge >= 0.3 is 11.9 Å². The molecule has 0 atom stereocenters. The molecule has 5 nitrogen and oxygen atoms in total. The van der Waals surface area contributed by atoms with E-state index < -0.39 is 11.9 Å². The number of hydrogen-bond donors (Lipinski definition) is 2. The van der Waals surface area contributed by atoms with Crippen molar-refractivity contribution >= 4 is 17.6 Å². The zero-order chi connectivity index (χ0) is 10.6. The predicted octanol–water partition coefficient (Wildman–Crippen LogP) is 1.19. The van der Waals surface area contributed by atoms with Gasteiger partial charge in [0.05, 0.1) is 11.3 Å². The first-order valence-electron chi connectivity index (χ1n) is 3.87. The second kappa shape index (κ2) is 4.38. The molecule has 0 aliphatic rings. The van der Waals surface area contributed by atoms with Gasteiger partial charge in [-0.3, -0.25) is 15.5 Å². The van der Waals surface area contributed by atoms with E-state index in [0.29, 0.717) is 0 Å². The number of rotatable bonds is 2. The van der Waals surface area contributed by atoms with Crippen LogP contribution in [0, 0.1) is 0 Å². The highest BCUT2D eigenvalue weighted by Gasteiger charge is 2.13. The minimum atomic E-state index is -0.797. The summed E-state index contributed by atoms with van der Waals surface area (Å²) in [5.41, 5.74) is 2.13. The van der Waals surface area contributed by atoms with Gasteiger partial charge in [0.2, 0.25) is 0 Å². The van der Waals surface area contributed by atoms with Crippen molar-refractivity contribution in [3.63, 3.8) is 0 Å². The molecule has 0 bridgehead atoms. The number of carbonyl (C=O) groups excluding carboxylic acids is 2. The van der Waals surface area contributed by atoms with Crippen LogP contribution in [0.4, 0.5) is 5.69 Å². The molecule has 2 N–H and O–H groups in total. The normalized spacial score (nSPS) is 9.29. The molecular formula is C9H9NO4. The van der Waals surface area contributed by atoms with Crippen molar-refractivity contribution in [2.24, 2.45) is 0 Å². The average Bonchev–Trinajstić information content (AvgIpc) is 2.16. The SMILES string of the molecule is CC(=O)OC(=O)c1ccccc1NO. The fraction of sp³-hybridized carbons (Fsp3) is 0.111. The van der Waals surface area contributed by atoms with Gasteiger partial charge in [-0.15, -0.1) is 0 Å². The van der Waals surface area contributed by atoms with E-state index in [0.717, 1.165) is 6.92 Å². The summed E-state index contributed by atoms with van der Waals surface area (Å²) in [5, 5.41) is 8.66. The Balaban J connectivity index is 2.94. The topological polar surface area (TPSA) is 75.6 Å². The highest BCUT2D eigenvalue weighted by molar-refractivity contribution is 6.00. The Kier molecular flexibility index (Phi) is 3.19. The molecule has 0 unspecified atom stereocenters. The second-order valence-electron chi connectivity index (χ2n) is 2.54. The monoisotopic (exact) mass is 195 g/mol. The summed E-state index contributed by atoms with van der Waals surface area (Å²) in [5.74, 6) is -1.49. The van der Waals surface area contributed by atoms with Gasteiger partial charge in [-0.05, 0) is 12.1 Å². The summed E-state index contributed by atoms with van der Waals surface area (Å²) < 4.78 is 4.35. The van der Waals surface area contributed by atoms with Crippen molar-refractivity contribution in [1.82, 2.24) is 0 Å².